The van der Waals surface area contributed by atoms with E-state index in [9.17, 15) is 4.79 Å². The van der Waals surface area contributed by atoms with Crippen molar-refractivity contribution in [2.75, 3.05) is 33.9 Å². The molecule has 0 aliphatic rings. The van der Waals surface area contributed by atoms with Gasteiger partial charge in [0.15, 0.2) is 6.54 Å². The highest BCUT2D eigenvalue weighted by atomic mass is 16.5. The molecule has 39 heavy (non-hydrogen) atoms. The van der Waals surface area contributed by atoms with Crippen molar-refractivity contribution in [3.05, 3.63) is 65.7 Å². The fourth-order valence-electron chi connectivity index (χ4n) is 5.07. The number of aryl methyl sites for hydroxylation is 1. The summed E-state index contributed by atoms with van der Waals surface area (Å²) in [4.78, 5) is 12.3. The number of ether oxygens (including phenoxy) is 2. The van der Waals surface area contributed by atoms with Crippen LogP contribution in [0.2, 0.25) is 0 Å². The summed E-state index contributed by atoms with van der Waals surface area (Å²) in [5, 5.41) is 0. The highest BCUT2D eigenvalue weighted by Gasteiger charge is 2.21. The van der Waals surface area contributed by atoms with Crippen LogP contribution in [0, 0.1) is 0 Å². The third-order valence-electron chi connectivity index (χ3n) is 7.30. The van der Waals surface area contributed by atoms with Crippen LogP contribution in [0.25, 0.3) is 0 Å². The van der Waals surface area contributed by atoms with E-state index in [1.807, 2.05) is 24.3 Å². The van der Waals surface area contributed by atoms with Crippen LogP contribution >= 0.6 is 0 Å². The lowest BCUT2D eigenvalue weighted by molar-refractivity contribution is -0.896. The van der Waals surface area contributed by atoms with Crippen LogP contribution in [-0.2, 0) is 22.5 Å². The van der Waals surface area contributed by atoms with Gasteiger partial charge in [-0.1, -0.05) is 120 Å². The van der Waals surface area contributed by atoms with Gasteiger partial charge in [0.2, 0.25) is 0 Å². The Morgan fingerprint density at radius 2 is 1.26 bits per heavy atom. The average Bonchev–Trinajstić information content (AvgIpc) is 2.91. The van der Waals surface area contributed by atoms with Gasteiger partial charge in [0.25, 0.3) is 0 Å². The van der Waals surface area contributed by atoms with Crippen molar-refractivity contribution in [1.29, 1.82) is 0 Å². The minimum absolute atomic E-state index is 0.137. The lowest BCUT2D eigenvalue weighted by atomic mass is 10.0. The molecule has 0 atom stereocenters. The Bertz CT molecular complexity index is 880. The Balaban J connectivity index is 1.47. The molecule has 0 radical (unpaired) electrons. The maximum absolute atomic E-state index is 12.3. The van der Waals surface area contributed by atoms with Crippen LogP contribution in [0.5, 0.6) is 5.75 Å². The molecule has 4 nitrogen and oxygen atoms in total. The van der Waals surface area contributed by atoms with Gasteiger partial charge in [-0.25, -0.2) is 4.79 Å². The smallest absolute Gasteiger partial charge is 0.361 e. The molecule has 0 spiro atoms. The number of unbranched alkanes of at least 4 members (excludes halogenated alkanes) is 12. The van der Waals surface area contributed by atoms with Crippen molar-refractivity contribution in [3.8, 4) is 5.75 Å². The second-order valence-electron chi connectivity index (χ2n) is 11.8. The number of hydrogen-bond donors (Lipinski definition) is 0. The molecule has 218 valence electrons. The summed E-state index contributed by atoms with van der Waals surface area (Å²) in [7, 11) is 4.13. The molecular formula is C35H56NO3+. The molecule has 0 bridgehead atoms. The van der Waals surface area contributed by atoms with Crippen LogP contribution in [0.4, 0.5) is 0 Å². The number of nitrogens with zero attached hydrogens (tertiary/aromatic N) is 1. The van der Waals surface area contributed by atoms with Crippen molar-refractivity contribution >= 4 is 5.97 Å². The average molecular weight is 539 g/mol. The largest absolute Gasteiger partial charge is 0.494 e. The van der Waals surface area contributed by atoms with Crippen molar-refractivity contribution < 1.29 is 18.8 Å². The predicted molar refractivity (Wildman–Crippen MR) is 164 cm³/mol. The van der Waals surface area contributed by atoms with E-state index in [4.69, 9.17) is 9.47 Å². The summed E-state index contributed by atoms with van der Waals surface area (Å²) in [6.45, 7) is 4.56. The summed E-state index contributed by atoms with van der Waals surface area (Å²) in [6.07, 6.45) is 19.4. The van der Waals surface area contributed by atoms with Gasteiger partial charge in [0.1, 0.15) is 12.3 Å². The monoisotopic (exact) mass is 538 g/mol. The first kappa shape index (κ1) is 32.9. The Labute approximate surface area is 239 Å². The number of likely N-dealkylation sites (N-methyl/N-ethyl adjacent to an activating group) is 1. The van der Waals surface area contributed by atoms with E-state index in [1.54, 1.807) is 0 Å². The topological polar surface area (TPSA) is 35.5 Å². The molecule has 0 fully saturated rings. The standard InChI is InChI=1S/C35H56NO3/c1-4-5-6-7-8-9-10-11-12-13-14-16-22-32-25-21-26-34(29-32)38-27-19-20-28-39-35(37)31-36(2,3)30-33-23-17-15-18-24-33/h15,17-18,21,23-26,29H,4-14,16,19-20,22,27-28,30-31H2,1-3H3/q+1. The van der Waals surface area contributed by atoms with Gasteiger partial charge >= 0.3 is 5.97 Å². The molecule has 2 aromatic carbocycles. The zero-order valence-corrected chi connectivity index (χ0v) is 25.3. The lowest BCUT2D eigenvalue weighted by Crippen LogP contribution is -2.43. The van der Waals surface area contributed by atoms with Gasteiger partial charge < -0.3 is 14.0 Å². The Morgan fingerprint density at radius 3 is 1.92 bits per heavy atom. The van der Waals surface area contributed by atoms with Crippen molar-refractivity contribution in [1.82, 2.24) is 0 Å². The molecule has 0 saturated heterocycles. The van der Waals surface area contributed by atoms with E-state index in [0.717, 1.165) is 31.6 Å². The molecule has 0 aliphatic carbocycles. The number of carbonyl (C=O) groups excluding carboxylic acids is 1. The van der Waals surface area contributed by atoms with E-state index in [2.05, 4.69) is 51.4 Å². The number of benzene rings is 2. The van der Waals surface area contributed by atoms with Gasteiger partial charge in [-0.2, -0.15) is 0 Å². The Kier molecular flexibility index (Phi) is 17.3. The minimum atomic E-state index is -0.137. The number of rotatable bonds is 23. The number of quaternary nitrogens is 1. The molecule has 4 heteroatoms. The summed E-state index contributed by atoms with van der Waals surface area (Å²) < 4.78 is 12.0. The van der Waals surface area contributed by atoms with Crippen molar-refractivity contribution in [2.45, 2.75) is 110 Å². The van der Waals surface area contributed by atoms with E-state index in [-0.39, 0.29) is 5.97 Å². The van der Waals surface area contributed by atoms with Crippen LogP contribution in [0.1, 0.15) is 108 Å². The molecule has 0 aromatic heterocycles. The Morgan fingerprint density at radius 1 is 0.667 bits per heavy atom. The molecule has 0 saturated carbocycles. The third kappa shape index (κ3) is 17.1. The minimum Gasteiger partial charge on any atom is -0.494 e. The zero-order chi connectivity index (χ0) is 28.0. The summed E-state index contributed by atoms with van der Waals surface area (Å²) in [6, 6.07) is 18.8. The second-order valence-corrected chi connectivity index (χ2v) is 11.8. The van der Waals surface area contributed by atoms with Gasteiger partial charge in [0.05, 0.1) is 27.3 Å². The van der Waals surface area contributed by atoms with Crippen LogP contribution < -0.4 is 4.74 Å². The fraction of sp³-hybridized carbons (Fsp3) is 0.629. The van der Waals surface area contributed by atoms with E-state index >= 15 is 0 Å². The molecular weight excluding hydrogens is 482 g/mol. The molecule has 2 rings (SSSR count). The van der Waals surface area contributed by atoms with E-state index in [0.29, 0.717) is 24.2 Å². The fourth-order valence-corrected chi connectivity index (χ4v) is 5.07. The first-order valence-electron chi connectivity index (χ1n) is 15.7. The maximum Gasteiger partial charge on any atom is 0.361 e. The van der Waals surface area contributed by atoms with Crippen LogP contribution in [0.15, 0.2) is 54.6 Å². The quantitative estimate of drug-likeness (QED) is 0.0805. The van der Waals surface area contributed by atoms with Gasteiger partial charge in [-0.15, -0.1) is 0 Å². The maximum atomic E-state index is 12.3. The molecule has 0 unspecified atom stereocenters. The van der Waals surface area contributed by atoms with Crippen LogP contribution in [-0.4, -0.2) is 44.3 Å². The van der Waals surface area contributed by atoms with E-state index < -0.39 is 0 Å². The van der Waals surface area contributed by atoms with E-state index in [1.165, 1.54) is 88.2 Å². The highest BCUT2D eigenvalue weighted by molar-refractivity contribution is 5.70. The van der Waals surface area contributed by atoms with Crippen LogP contribution in [0.3, 0.4) is 0 Å². The first-order chi connectivity index (χ1) is 19.0. The SMILES string of the molecule is CCCCCCCCCCCCCCc1cccc(OCCCCOC(=O)C[N+](C)(C)Cc2ccccc2)c1. The molecule has 0 heterocycles. The Hall–Kier alpha value is -2.33. The lowest BCUT2D eigenvalue weighted by Gasteiger charge is -2.28. The van der Waals surface area contributed by atoms with Crippen molar-refractivity contribution in [2.24, 2.45) is 0 Å². The molecule has 2 aromatic rings. The predicted octanol–water partition coefficient (Wildman–Crippen LogP) is 8.91. The number of esters is 1. The normalized spacial score (nSPS) is 11.5. The molecule has 0 aliphatic heterocycles. The summed E-state index contributed by atoms with van der Waals surface area (Å²) in [5.41, 5.74) is 2.59. The molecule has 0 N–H and O–H groups in total. The number of carbonyl (C=O) groups is 1. The van der Waals surface area contributed by atoms with Gasteiger partial charge in [0, 0.05) is 5.56 Å². The molecule has 0 amide bonds. The zero-order valence-electron chi connectivity index (χ0n) is 25.3. The first-order valence-corrected chi connectivity index (χ1v) is 15.7. The second kappa shape index (κ2) is 20.6. The third-order valence-corrected chi connectivity index (χ3v) is 7.30. The van der Waals surface area contributed by atoms with Gasteiger partial charge in [-0.3, -0.25) is 0 Å². The summed E-state index contributed by atoms with van der Waals surface area (Å²) >= 11 is 0. The van der Waals surface area contributed by atoms with Gasteiger partial charge in [-0.05, 0) is 43.4 Å². The highest BCUT2D eigenvalue weighted by Crippen LogP contribution is 2.17. The van der Waals surface area contributed by atoms with Crippen molar-refractivity contribution in [3.63, 3.8) is 0 Å². The number of hydrogen-bond acceptors (Lipinski definition) is 3. The summed E-state index contributed by atoms with van der Waals surface area (Å²) in [5.74, 6) is 0.811.